The van der Waals surface area contributed by atoms with Gasteiger partial charge in [-0.25, -0.2) is 18.1 Å². The zero-order chi connectivity index (χ0) is 22.6. The van der Waals surface area contributed by atoms with Gasteiger partial charge in [-0.15, -0.1) is 0 Å². The summed E-state index contributed by atoms with van der Waals surface area (Å²) >= 11 is 0. The minimum Gasteiger partial charge on any atom is -0.487 e. The Labute approximate surface area is 182 Å². The Kier molecular flexibility index (Phi) is 6.52. The monoisotopic (exact) mass is 439 g/mol. The zero-order valence-electron chi connectivity index (χ0n) is 17.9. The van der Waals surface area contributed by atoms with Gasteiger partial charge in [0.1, 0.15) is 18.1 Å². The van der Waals surface area contributed by atoms with Gasteiger partial charge in [0.05, 0.1) is 16.8 Å². The summed E-state index contributed by atoms with van der Waals surface area (Å²) in [5, 5.41) is 0. The first-order valence-electron chi connectivity index (χ1n) is 9.71. The molecule has 0 aliphatic carbocycles. The SMILES string of the molecule is Cc1ccc(S(=O)(=O)NC(C)(C)C)c(-c2ccc(COc3ccc(C=O)nc3)cn2)c1. The standard InChI is InChI=1S/C23H25N3O4S/c1-16-5-10-22(31(28,29)26-23(2,3)4)20(11-16)21-9-6-17(12-25-21)15-30-19-8-7-18(14-27)24-13-19/h5-14,26H,15H2,1-4H3. The number of aryl methyl sites for hydroxylation is 1. The molecule has 3 rings (SSSR count). The number of carbonyl (C=O) groups is 1. The van der Waals surface area contributed by atoms with Crippen molar-refractivity contribution < 1.29 is 17.9 Å². The minimum atomic E-state index is -3.72. The lowest BCUT2D eigenvalue weighted by molar-refractivity contribution is 0.111. The largest absolute Gasteiger partial charge is 0.487 e. The van der Waals surface area contributed by atoms with Crippen molar-refractivity contribution in [3.8, 4) is 17.0 Å². The molecule has 0 spiro atoms. The number of aromatic nitrogens is 2. The van der Waals surface area contributed by atoms with Crippen LogP contribution in [0.5, 0.6) is 5.75 Å². The summed E-state index contributed by atoms with van der Waals surface area (Å²) in [5.74, 6) is 0.537. The van der Waals surface area contributed by atoms with E-state index in [1.54, 1.807) is 57.3 Å². The van der Waals surface area contributed by atoms with E-state index in [4.69, 9.17) is 4.74 Å². The van der Waals surface area contributed by atoms with E-state index in [1.807, 2.05) is 19.1 Å². The second kappa shape index (κ2) is 8.95. The lowest BCUT2D eigenvalue weighted by atomic mass is 10.1. The maximum absolute atomic E-state index is 12.9. The van der Waals surface area contributed by atoms with Crippen LogP contribution in [0.1, 0.15) is 42.4 Å². The van der Waals surface area contributed by atoms with Crippen LogP contribution in [0.4, 0.5) is 0 Å². The maximum atomic E-state index is 12.9. The van der Waals surface area contributed by atoms with Crippen LogP contribution < -0.4 is 9.46 Å². The molecule has 3 aromatic rings. The van der Waals surface area contributed by atoms with Crippen molar-refractivity contribution in [2.75, 3.05) is 0 Å². The van der Waals surface area contributed by atoms with Gasteiger partial charge >= 0.3 is 0 Å². The van der Waals surface area contributed by atoms with E-state index in [2.05, 4.69) is 14.7 Å². The molecular weight excluding hydrogens is 414 g/mol. The molecule has 0 saturated carbocycles. The van der Waals surface area contributed by atoms with Crippen LogP contribution >= 0.6 is 0 Å². The van der Waals surface area contributed by atoms with Crippen molar-refractivity contribution in [3.63, 3.8) is 0 Å². The lowest BCUT2D eigenvalue weighted by Crippen LogP contribution is -2.40. The first kappa shape index (κ1) is 22.6. The van der Waals surface area contributed by atoms with E-state index in [-0.39, 0.29) is 11.5 Å². The average Bonchev–Trinajstić information content (AvgIpc) is 2.71. The van der Waals surface area contributed by atoms with Crippen LogP contribution in [-0.4, -0.2) is 30.2 Å². The lowest BCUT2D eigenvalue weighted by Gasteiger charge is -2.21. The molecule has 0 fully saturated rings. The summed E-state index contributed by atoms with van der Waals surface area (Å²) in [5.41, 5.74) is 2.58. The van der Waals surface area contributed by atoms with Gasteiger partial charge < -0.3 is 4.74 Å². The smallest absolute Gasteiger partial charge is 0.241 e. The molecule has 31 heavy (non-hydrogen) atoms. The van der Waals surface area contributed by atoms with E-state index in [0.29, 0.717) is 29.0 Å². The molecule has 0 atom stereocenters. The highest BCUT2D eigenvalue weighted by atomic mass is 32.2. The predicted molar refractivity (Wildman–Crippen MR) is 118 cm³/mol. The summed E-state index contributed by atoms with van der Waals surface area (Å²) in [7, 11) is -3.72. The Balaban J connectivity index is 1.83. The molecule has 0 saturated heterocycles. The van der Waals surface area contributed by atoms with E-state index in [1.165, 1.54) is 6.20 Å². The number of carbonyl (C=O) groups excluding carboxylic acids is 1. The van der Waals surface area contributed by atoms with Gasteiger partial charge in [-0.05, 0) is 58.0 Å². The molecule has 1 N–H and O–H groups in total. The van der Waals surface area contributed by atoms with Gasteiger partial charge in [-0.3, -0.25) is 9.78 Å². The van der Waals surface area contributed by atoms with E-state index < -0.39 is 15.6 Å². The molecule has 0 aliphatic heterocycles. The Morgan fingerprint density at radius 1 is 1.03 bits per heavy atom. The van der Waals surface area contributed by atoms with Crippen molar-refractivity contribution in [2.45, 2.75) is 44.7 Å². The number of nitrogens with zero attached hydrogens (tertiary/aromatic N) is 2. The van der Waals surface area contributed by atoms with Gasteiger partial charge in [0, 0.05) is 22.9 Å². The fraction of sp³-hybridized carbons (Fsp3) is 0.261. The van der Waals surface area contributed by atoms with Gasteiger partial charge in [-0.1, -0.05) is 17.7 Å². The highest BCUT2D eigenvalue weighted by Crippen LogP contribution is 2.28. The fourth-order valence-electron chi connectivity index (χ4n) is 2.92. The molecule has 0 bridgehead atoms. The van der Waals surface area contributed by atoms with Crippen molar-refractivity contribution in [2.24, 2.45) is 0 Å². The van der Waals surface area contributed by atoms with Gasteiger partial charge in [-0.2, -0.15) is 0 Å². The molecule has 0 amide bonds. The highest BCUT2D eigenvalue weighted by molar-refractivity contribution is 7.89. The minimum absolute atomic E-state index is 0.186. The van der Waals surface area contributed by atoms with Crippen molar-refractivity contribution in [3.05, 3.63) is 71.7 Å². The maximum Gasteiger partial charge on any atom is 0.241 e. The zero-order valence-corrected chi connectivity index (χ0v) is 18.7. The number of nitrogens with one attached hydrogen (secondary N) is 1. The Bertz CT molecular complexity index is 1170. The number of ether oxygens (including phenoxy) is 1. The van der Waals surface area contributed by atoms with Gasteiger partial charge in [0.25, 0.3) is 0 Å². The van der Waals surface area contributed by atoms with Crippen LogP contribution in [0, 0.1) is 6.92 Å². The third-order valence-electron chi connectivity index (χ3n) is 4.25. The van der Waals surface area contributed by atoms with Crippen LogP contribution in [0.15, 0.2) is 59.8 Å². The number of sulfonamides is 1. The number of benzene rings is 1. The van der Waals surface area contributed by atoms with Crippen molar-refractivity contribution in [1.82, 2.24) is 14.7 Å². The molecule has 0 unspecified atom stereocenters. The normalized spacial score (nSPS) is 11.9. The van der Waals surface area contributed by atoms with Gasteiger partial charge in [0.15, 0.2) is 6.29 Å². The van der Waals surface area contributed by atoms with Gasteiger partial charge in [0.2, 0.25) is 10.0 Å². The summed E-state index contributed by atoms with van der Waals surface area (Å²) in [6.07, 6.45) is 3.80. The van der Waals surface area contributed by atoms with E-state index in [0.717, 1.165) is 11.1 Å². The second-order valence-corrected chi connectivity index (χ2v) is 9.88. The molecule has 2 aromatic heterocycles. The molecule has 8 heteroatoms. The third-order valence-corrected chi connectivity index (χ3v) is 6.07. The van der Waals surface area contributed by atoms with E-state index >= 15 is 0 Å². The number of hydrogen-bond acceptors (Lipinski definition) is 6. The molecule has 162 valence electrons. The third kappa shape index (κ3) is 5.96. The molecule has 0 aliphatic rings. The van der Waals surface area contributed by atoms with Crippen molar-refractivity contribution >= 4 is 16.3 Å². The predicted octanol–water partition coefficient (Wildman–Crippen LogP) is 3.92. The van der Waals surface area contributed by atoms with Crippen LogP contribution in [-0.2, 0) is 16.6 Å². The molecule has 7 nitrogen and oxygen atoms in total. The molecule has 2 heterocycles. The Morgan fingerprint density at radius 2 is 1.81 bits per heavy atom. The molecule has 1 aromatic carbocycles. The highest BCUT2D eigenvalue weighted by Gasteiger charge is 2.25. The number of rotatable bonds is 7. The summed E-state index contributed by atoms with van der Waals surface area (Å²) in [4.78, 5) is 19.3. The first-order chi connectivity index (χ1) is 14.6. The first-order valence-corrected chi connectivity index (χ1v) is 11.2. The van der Waals surface area contributed by atoms with Crippen LogP contribution in [0.3, 0.4) is 0 Å². The quantitative estimate of drug-likeness (QED) is 0.560. The Morgan fingerprint density at radius 3 is 2.39 bits per heavy atom. The average molecular weight is 440 g/mol. The summed E-state index contributed by atoms with van der Waals surface area (Å²) < 4.78 is 34.2. The number of aldehydes is 1. The molecular formula is C23H25N3O4S. The Hall–Kier alpha value is -3.10. The topological polar surface area (TPSA) is 98.2 Å². The number of hydrogen-bond donors (Lipinski definition) is 1. The van der Waals surface area contributed by atoms with Crippen LogP contribution in [0.25, 0.3) is 11.3 Å². The number of pyridine rings is 2. The molecule has 0 radical (unpaired) electrons. The van der Waals surface area contributed by atoms with Crippen molar-refractivity contribution in [1.29, 1.82) is 0 Å². The fourth-order valence-corrected chi connectivity index (χ4v) is 4.54. The van der Waals surface area contributed by atoms with E-state index in [9.17, 15) is 13.2 Å². The summed E-state index contributed by atoms with van der Waals surface area (Å²) in [6.45, 7) is 7.57. The van der Waals surface area contributed by atoms with Crippen LogP contribution in [0.2, 0.25) is 0 Å². The summed E-state index contributed by atoms with van der Waals surface area (Å²) in [6, 6.07) is 12.1. The second-order valence-electron chi connectivity index (χ2n) is 8.23.